The highest BCUT2D eigenvalue weighted by Gasteiger charge is 2.21. The lowest BCUT2D eigenvalue weighted by atomic mass is 10.1. The second-order valence-electron chi connectivity index (χ2n) is 5.98. The van der Waals surface area contributed by atoms with Gasteiger partial charge in [0.05, 0.1) is 26.5 Å². The Labute approximate surface area is 178 Å². The van der Waals surface area contributed by atoms with Crippen LogP contribution >= 0.6 is 28.3 Å². The summed E-state index contributed by atoms with van der Waals surface area (Å²) in [5.41, 5.74) is 1.78. The van der Waals surface area contributed by atoms with Gasteiger partial charge in [0.2, 0.25) is 0 Å². The molecule has 6 nitrogen and oxygen atoms in total. The largest absolute Gasteiger partial charge is 0.497 e. The predicted molar refractivity (Wildman–Crippen MR) is 116 cm³/mol. The minimum Gasteiger partial charge on any atom is -0.497 e. The second-order valence-corrected chi connectivity index (χ2v) is 6.84. The monoisotopic (exact) mass is 464 g/mol. The van der Waals surface area contributed by atoms with E-state index in [4.69, 9.17) is 18.9 Å². The Morgan fingerprint density at radius 3 is 2.75 bits per heavy atom. The Morgan fingerprint density at radius 1 is 1.14 bits per heavy atom. The van der Waals surface area contributed by atoms with Crippen molar-refractivity contribution >= 4 is 33.4 Å². The third kappa shape index (κ3) is 4.34. The molecule has 2 aromatic carbocycles. The number of aromatic nitrogens is 1. The van der Waals surface area contributed by atoms with Crippen molar-refractivity contribution in [2.45, 2.75) is 6.10 Å². The molecule has 0 saturated carbocycles. The van der Waals surface area contributed by atoms with E-state index in [9.17, 15) is 0 Å². The van der Waals surface area contributed by atoms with Gasteiger partial charge in [-0.25, -0.2) is 4.98 Å². The number of methoxy groups -OCH3 is 2. The van der Waals surface area contributed by atoms with Crippen LogP contribution in [-0.2, 0) is 0 Å². The maximum absolute atomic E-state index is 5.96. The minimum atomic E-state index is -0.0669. The summed E-state index contributed by atoms with van der Waals surface area (Å²) in [7, 11) is 3.27. The summed E-state index contributed by atoms with van der Waals surface area (Å²) in [5, 5.41) is 6.16. The first-order valence-electron chi connectivity index (χ1n) is 8.57. The standard InChI is InChI=1S/C20H20N2O4S.BrH/c1-23-13-7-8-15(19(9-13)24-2)16-12-27-20(22-16)21-10-14-11-25-17-5-3-4-6-18(17)26-14;/h3-9,12,14H,10-11H2,1-2H3,(H,21,22);1H. The number of fused-ring (bicyclic) bond motifs is 1. The van der Waals surface area contributed by atoms with E-state index in [1.807, 2.05) is 47.8 Å². The maximum Gasteiger partial charge on any atom is 0.183 e. The number of hydrogen-bond acceptors (Lipinski definition) is 7. The SMILES string of the molecule is Br.COc1ccc(-c2csc(NCC3COc4ccccc4O3)n2)c(OC)c1. The van der Waals surface area contributed by atoms with Gasteiger partial charge in [-0.05, 0) is 24.3 Å². The quantitative estimate of drug-likeness (QED) is 0.572. The zero-order valence-electron chi connectivity index (χ0n) is 15.5. The summed E-state index contributed by atoms with van der Waals surface area (Å²) >= 11 is 1.54. The normalized spacial score (nSPS) is 14.7. The van der Waals surface area contributed by atoms with Crippen LogP contribution in [-0.4, -0.2) is 38.5 Å². The molecule has 148 valence electrons. The van der Waals surface area contributed by atoms with E-state index in [-0.39, 0.29) is 23.1 Å². The predicted octanol–water partition coefficient (Wildman–Crippen LogP) is 4.66. The molecule has 1 unspecified atom stereocenters. The molecule has 0 fully saturated rings. The van der Waals surface area contributed by atoms with E-state index in [2.05, 4.69) is 10.3 Å². The summed E-state index contributed by atoms with van der Waals surface area (Å²) in [6.07, 6.45) is -0.0669. The van der Waals surface area contributed by atoms with E-state index < -0.39 is 0 Å². The fourth-order valence-electron chi connectivity index (χ4n) is 2.85. The molecular formula is C20H21BrN2O4S. The topological polar surface area (TPSA) is 61.8 Å². The van der Waals surface area contributed by atoms with Gasteiger partial charge in [0.15, 0.2) is 16.6 Å². The van der Waals surface area contributed by atoms with Crippen molar-refractivity contribution in [3.63, 3.8) is 0 Å². The molecule has 0 amide bonds. The van der Waals surface area contributed by atoms with Crippen LogP contribution < -0.4 is 24.3 Å². The van der Waals surface area contributed by atoms with Gasteiger partial charge in [-0.1, -0.05) is 12.1 Å². The molecule has 1 N–H and O–H groups in total. The number of halogens is 1. The minimum absolute atomic E-state index is 0. The first-order chi connectivity index (χ1) is 13.3. The molecule has 2 heterocycles. The third-order valence-corrected chi connectivity index (χ3v) is 5.04. The summed E-state index contributed by atoms with van der Waals surface area (Å²) in [6, 6.07) is 13.4. The molecule has 1 aliphatic heterocycles. The van der Waals surface area contributed by atoms with Crippen LogP contribution in [0, 0.1) is 0 Å². The first-order valence-corrected chi connectivity index (χ1v) is 9.45. The molecule has 4 rings (SSSR count). The van der Waals surface area contributed by atoms with E-state index in [0.717, 1.165) is 39.4 Å². The molecule has 0 bridgehead atoms. The Morgan fingerprint density at radius 2 is 1.96 bits per heavy atom. The average molecular weight is 465 g/mol. The molecule has 3 aromatic rings. The van der Waals surface area contributed by atoms with Crippen LogP contribution in [0.3, 0.4) is 0 Å². The Balaban J connectivity index is 0.00000225. The van der Waals surface area contributed by atoms with Crippen molar-refractivity contribution in [2.24, 2.45) is 0 Å². The number of para-hydroxylation sites is 2. The van der Waals surface area contributed by atoms with Crippen molar-refractivity contribution in [3.8, 4) is 34.3 Å². The van der Waals surface area contributed by atoms with Crippen molar-refractivity contribution in [2.75, 3.05) is 32.7 Å². The third-order valence-electron chi connectivity index (χ3n) is 4.24. The maximum atomic E-state index is 5.96. The van der Waals surface area contributed by atoms with Crippen molar-refractivity contribution < 1.29 is 18.9 Å². The zero-order chi connectivity index (χ0) is 18.6. The Bertz CT molecular complexity index is 934. The number of nitrogens with zero attached hydrogens (tertiary/aromatic N) is 1. The number of rotatable bonds is 6. The van der Waals surface area contributed by atoms with Crippen LogP contribution in [0.5, 0.6) is 23.0 Å². The lowest BCUT2D eigenvalue weighted by Crippen LogP contribution is -2.35. The number of hydrogen-bond donors (Lipinski definition) is 1. The molecule has 1 atom stereocenters. The van der Waals surface area contributed by atoms with E-state index in [1.165, 1.54) is 0 Å². The summed E-state index contributed by atoms with van der Waals surface area (Å²) in [5.74, 6) is 3.04. The van der Waals surface area contributed by atoms with Crippen molar-refractivity contribution in [3.05, 3.63) is 47.8 Å². The van der Waals surface area contributed by atoms with Gasteiger partial charge in [0, 0.05) is 17.0 Å². The molecule has 0 spiro atoms. The van der Waals surface area contributed by atoms with E-state index >= 15 is 0 Å². The van der Waals surface area contributed by atoms with Gasteiger partial charge in [-0.15, -0.1) is 28.3 Å². The molecule has 1 aliphatic rings. The molecular weight excluding hydrogens is 444 g/mol. The zero-order valence-corrected chi connectivity index (χ0v) is 18.0. The molecule has 1 aromatic heterocycles. The van der Waals surface area contributed by atoms with Crippen LogP contribution in [0.1, 0.15) is 0 Å². The number of thiazole rings is 1. The van der Waals surface area contributed by atoms with Crippen LogP contribution in [0.4, 0.5) is 5.13 Å². The highest BCUT2D eigenvalue weighted by Crippen LogP contribution is 2.35. The van der Waals surface area contributed by atoms with Crippen molar-refractivity contribution in [1.29, 1.82) is 0 Å². The van der Waals surface area contributed by atoms with E-state index in [1.54, 1.807) is 25.6 Å². The van der Waals surface area contributed by atoms with Gasteiger partial charge < -0.3 is 24.3 Å². The van der Waals surface area contributed by atoms with Gasteiger partial charge in [-0.2, -0.15) is 0 Å². The fourth-order valence-corrected chi connectivity index (χ4v) is 3.57. The average Bonchev–Trinajstić information content (AvgIpc) is 3.20. The molecule has 0 aliphatic carbocycles. The molecule has 8 heteroatoms. The highest BCUT2D eigenvalue weighted by atomic mass is 79.9. The van der Waals surface area contributed by atoms with Gasteiger partial charge in [0.25, 0.3) is 0 Å². The summed E-state index contributed by atoms with van der Waals surface area (Å²) in [4.78, 5) is 4.66. The summed E-state index contributed by atoms with van der Waals surface area (Å²) < 4.78 is 22.4. The lowest BCUT2D eigenvalue weighted by Gasteiger charge is -2.26. The number of anilines is 1. The van der Waals surface area contributed by atoms with E-state index in [0.29, 0.717) is 13.2 Å². The van der Waals surface area contributed by atoms with Crippen molar-refractivity contribution in [1.82, 2.24) is 4.98 Å². The Hall–Kier alpha value is -2.45. The highest BCUT2D eigenvalue weighted by molar-refractivity contribution is 8.93. The molecule has 28 heavy (non-hydrogen) atoms. The van der Waals surface area contributed by atoms with Crippen LogP contribution in [0.25, 0.3) is 11.3 Å². The number of benzene rings is 2. The second kappa shape index (κ2) is 9.16. The van der Waals surface area contributed by atoms with Crippen LogP contribution in [0.15, 0.2) is 47.8 Å². The van der Waals surface area contributed by atoms with Gasteiger partial charge in [0.1, 0.15) is 24.2 Å². The smallest absolute Gasteiger partial charge is 0.183 e. The van der Waals surface area contributed by atoms with Crippen LogP contribution in [0.2, 0.25) is 0 Å². The van der Waals surface area contributed by atoms with Gasteiger partial charge in [-0.3, -0.25) is 0 Å². The van der Waals surface area contributed by atoms with Gasteiger partial charge >= 0.3 is 0 Å². The fraction of sp³-hybridized carbons (Fsp3) is 0.250. The lowest BCUT2D eigenvalue weighted by molar-refractivity contribution is 0.0997. The summed E-state index contributed by atoms with van der Waals surface area (Å²) in [6.45, 7) is 1.12. The molecule has 0 radical (unpaired) electrons. The Kier molecular flexibility index (Phi) is 6.64. The number of nitrogens with one attached hydrogen (secondary N) is 1. The first kappa shape index (κ1) is 20.3. The number of ether oxygens (including phenoxy) is 4. The molecule has 0 saturated heterocycles.